The molecule has 3 aromatic carbocycles. The second kappa shape index (κ2) is 6.86. The predicted molar refractivity (Wildman–Crippen MR) is 119 cm³/mol. The van der Waals surface area contributed by atoms with Gasteiger partial charge < -0.3 is 0 Å². The zero-order chi connectivity index (χ0) is 19.0. The van der Waals surface area contributed by atoms with Crippen molar-refractivity contribution >= 4 is 20.8 Å². The molecule has 0 N–H and O–H groups in total. The molecule has 0 aliphatic carbocycles. The molecular weight excluding hydrogens is 346 g/mol. The van der Waals surface area contributed by atoms with Crippen LogP contribution in [0, 0.1) is 13.8 Å². The molecule has 0 fully saturated rings. The highest BCUT2D eigenvalue weighted by molar-refractivity contribution is 8.32. The van der Waals surface area contributed by atoms with E-state index in [0.29, 0.717) is 0 Å². The highest BCUT2D eigenvalue weighted by Gasteiger charge is 2.18. The van der Waals surface area contributed by atoms with E-state index >= 15 is 0 Å². The van der Waals surface area contributed by atoms with Gasteiger partial charge in [-0.25, -0.2) is 0 Å². The van der Waals surface area contributed by atoms with E-state index in [0.717, 1.165) is 5.69 Å². The number of rotatable bonds is 3. The molecule has 0 saturated carbocycles. The van der Waals surface area contributed by atoms with E-state index in [4.69, 9.17) is 4.98 Å². The van der Waals surface area contributed by atoms with E-state index in [-0.39, 0.29) is 0 Å². The number of fused-ring (bicyclic) bond motifs is 1. The average Bonchev–Trinajstić information content (AvgIpc) is 2.67. The summed E-state index contributed by atoms with van der Waals surface area (Å²) in [7, 11) is -1.04. The molecule has 0 amide bonds. The minimum Gasteiger partial charge on any atom is -0.256 e. The van der Waals surface area contributed by atoms with E-state index in [2.05, 4.69) is 99.2 Å². The van der Waals surface area contributed by atoms with Crippen molar-refractivity contribution in [2.45, 2.75) is 23.6 Å². The number of hydrogen-bond donors (Lipinski definition) is 0. The van der Waals surface area contributed by atoms with Crippen LogP contribution in [0.1, 0.15) is 11.1 Å². The molecule has 27 heavy (non-hydrogen) atoms. The summed E-state index contributed by atoms with van der Waals surface area (Å²) in [5.74, 6) is 0. The number of pyridine rings is 1. The molecule has 2 heteroatoms. The first kappa shape index (κ1) is 17.8. The van der Waals surface area contributed by atoms with Gasteiger partial charge in [0.05, 0.1) is 5.69 Å². The van der Waals surface area contributed by atoms with Crippen molar-refractivity contribution < 1.29 is 0 Å². The number of hydrogen-bond acceptors (Lipinski definition) is 1. The highest BCUT2D eigenvalue weighted by atomic mass is 32.3. The Morgan fingerprint density at radius 1 is 0.704 bits per heavy atom. The average molecular weight is 372 g/mol. The Morgan fingerprint density at radius 2 is 1.41 bits per heavy atom. The fourth-order valence-electron chi connectivity index (χ4n) is 3.71. The Hall–Kier alpha value is -2.58. The van der Waals surface area contributed by atoms with Gasteiger partial charge in [0.2, 0.25) is 0 Å². The quantitative estimate of drug-likeness (QED) is 0.378. The van der Waals surface area contributed by atoms with Crippen LogP contribution in [0.25, 0.3) is 22.0 Å². The molecule has 0 bridgehead atoms. The monoisotopic (exact) mass is 371 g/mol. The fraction of sp³-hybridized carbons (Fsp3) is 0.160. The van der Waals surface area contributed by atoms with Gasteiger partial charge >= 0.3 is 0 Å². The van der Waals surface area contributed by atoms with Crippen molar-refractivity contribution in [3.63, 3.8) is 0 Å². The van der Waals surface area contributed by atoms with E-state index in [1.807, 2.05) is 6.20 Å². The summed E-state index contributed by atoms with van der Waals surface area (Å²) >= 11 is 0. The van der Waals surface area contributed by atoms with Crippen LogP contribution in [0.2, 0.25) is 0 Å². The first-order valence-corrected chi connectivity index (χ1v) is 11.7. The van der Waals surface area contributed by atoms with Crippen LogP contribution in [0.5, 0.6) is 0 Å². The minimum absolute atomic E-state index is 1.04. The lowest BCUT2D eigenvalue weighted by atomic mass is 10.0. The summed E-state index contributed by atoms with van der Waals surface area (Å²) in [6.07, 6.45) is 6.68. The summed E-state index contributed by atoms with van der Waals surface area (Å²) in [4.78, 5) is 7.53. The third kappa shape index (κ3) is 3.38. The smallest absolute Gasteiger partial charge is 0.0780 e. The van der Waals surface area contributed by atoms with Crippen LogP contribution in [0.4, 0.5) is 0 Å². The molecule has 1 aromatic heterocycles. The van der Waals surface area contributed by atoms with Crippen LogP contribution in [-0.4, -0.2) is 17.5 Å². The van der Waals surface area contributed by atoms with Gasteiger partial charge in [0.25, 0.3) is 0 Å². The summed E-state index contributed by atoms with van der Waals surface area (Å²) in [6, 6.07) is 26.5. The lowest BCUT2D eigenvalue weighted by molar-refractivity contribution is 1.32. The van der Waals surface area contributed by atoms with Gasteiger partial charge in [0.15, 0.2) is 0 Å². The molecule has 0 radical (unpaired) electrons. The first-order valence-electron chi connectivity index (χ1n) is 9.21. The van der Waals surface area contributed by atoms with Gasteiger partial charge in [-0.05, 0) is 84.0 Å². The number of benzene rings is 3. The Kier molecular flexibility index (Phi) is 4.53. The minimum atomic E-state index is -1.04. The molecule has 0 saturated heterocycles. The summed E-state index contributed by atoms with van der Waals surface area (Å²) in [5, 5.41) is 2.47. The van der Waals surface area contributed by atoms with Crippen LogP contribution in [-0.2, 0) is 0 Å². The third-order valence-corrected chi connectivity index (χ3v) is 8.04. The van der Waals surface area contributed by atoms with Crippen LogP contribution in [0.15, 0.2) is 88.8 Å². The molecule has 136 valence electrons. The van der Waals surface area contributed by atoms with Crippen molar-refractivity contribution in [2.24, 2.45) is 0 Å². The lowest BCUT2D eigenvalue weighted by Gasteiger charge is -2.32. The zero-order valence-corrected chi connectivity index (χ0v) is 17.2. The molecular formula is C25H25NS. The van der Waals surface area contributed by atoms with Gasteiger partial charge in [-0.1, -0.05) is 41.5 Å². The molecule has 0 aliphatic rings. The second-order valence-corrected chi connectivity index (χ2v) is 11.2. The van der Waals surface area contributed by atoms with Gasteiger partial charge in [-0.15, -0.1) is 0 Å². The van der Waals surface area contributed by atoms with Crippen LogP contribution in [0.3, 0.4) is 0 Å². The zero-order valence-electron chi connectivity index (χ0n) is 16.4. The summed E-state index contributed by atoms with van der Waals surface area (Å²) in [5.41, 5.74) is 4.81. The summed E-state index contributed by atoms with van der Waals surface area (Å²) < 4.78 is 0. The fourth-order valence-corrected chi connectivity index (χ4v) is 5.65. The summed E-state index contributed by atoms with van der Waals surface area (Å²) in [6.45, 7) is 4.29. The first-order chi connectivity index (χ1) is 12.9. The number of aromatic nitrogens is 1. The Balaban J connectivity index is 1.86. The molecule has 0 spiro atoms. The molecule has 1 nitrogen and oxygen atoms in total. The normalized spacial score (nSPS) is 12.3. The van der Waals surface area contributed by atoms with Crippen molar-refractivity contribution in [2.75, 3.05) is 12.5 Å². The highest BCUT2D eigenvalue weighted by Crippen LogP contribution is 2.56. The van der Waals surface area contributed by atoms with Gasteiger partial charge in [0, 0.05) is 17.1 Å². The topological polar surface area (TPSA) is 12.9 Å². The SMILES string of the molecule is Cc1cc(C)cc(-c2nccc3cc(S(C)(C)c4ccccc4)ccc23)c1. The van der Waals surface area contributed by atoms with E-state index in [1.54, 1.807) is 0 Å². The van der Waals surface area contributed by atoms with E-state index in [1.165, 1.54) is 37.3 Å². The molecule has 4 aromatic rings. The van der Waals surface area contributed by atoms with Crippen molar-refractivity contribution in [3.05, 3.63) is 90.1 Å². The van der Waals surface area contributed by atoms with Crippen LogP contribution >= 0.6 is 10.0 Å². The maximum Gasteiger partial charge on any atom is 0.0780 e. The van der Waals surface area contributed by atoms with Gasteiger partial charge in [-0.2, -0.15) is 10.0 Å². The van der Waals surface area contributed by atoms with Gasteiger partial charge in [-0.3, -0.25) is 4.98 Å². The Labute approximate surface area is 163 Å². The molecule has 4 rings (SSSR count). The predicted octanol–water partition coefficient (Wildman–Crippen LogP) is 7.00. The standard InChI is InChI=1S/C25H25NS/c1-18-14-19(2)16-21(15-18)25-24-11-10-23(17-20(24)12-13-26-25)27(3,4)22-8-6-5-7-9-22/h5-17H,1-4H3. The molecule has 0 unspecified atom stereocenters. The number of aryl methyl sites for hydroxylation is 2. The lowest BCUT2D eigenvalue weighted by Crippen LogP contribution is -1.98. The second-order valence-electron chi connectivity index (χ2n) is 7.56. The molecule has 0 atom stereocenters. The van der Waals surface area contributed by atoms with Crippen LogP contribution < -0.4 is 0 Å². The van der Waals surface area contributed by atoms with Gasteiger partial charge in [0.1, 0.15) is 0 Å². The van der Waals surface area contributed by atoms with Crippen molar-refractivity contribution in [1.82, 2.24) is 4.98 Å². The van der Waals surface area contributed by atoms with E-state index < -0.39 is 10.0 Å². The largest absolute Gasteiger partial charge is 0.256 e. The van der Waals surface area contributed by atoms with E-state index in [9.17, 15) is 0 Å². The maximum atomic E-state index is 4.72. The Bertz CT molecular complexity index is 1090. The van der Waals surface area contributed by atoms with Crippen molar-refractivity contribution in [3.8, 4) is 11.3 Å². The third-order valence-electron chi connectivity index (χ3n) is 5.15. The number of nitrogens with zero attached hydrogens (tertiary/aromatic N) is 1. The maximum absolute atomic E-state index is 4.72. The molecule has 0 aliphatic heterocycles. The van der Waals surface area contributed by atoms with Crippen molar-refractivity contribution in [1.29, 1.82) is 0 Å². The molecule has 1 heterocycles. The Morgan fingerprint density at radius 3 is 2.11 bits per heavy atom.